The highest BCUT2D eigenvalue weighted by Crippen LogP contribution is 2.36. The molecule has 2 rings (SSSR count). The van der Waals surface area contributed by atoms with Crippen LogP contribution in [0.15, 0.2) is 18.5 Å². The summed E-state index contributed by atoms with van der Waals surface area (Å²) in [5, 5.41) is 9.74. The number of carboxylic acids is 1. The predicted molar refractivity (Wildman–Crippen MR) is 74.7 cm³/mol. The van der Waals surface area contributed by atoms with Crippen molar-refractivity contribution in [2.75, 3.05) is 13.1 Å². The highest BCUT2D eigenvalue weighted by Gasteiger charge is 2.45. The average Bonchev–Trinajstić information content (AvgIpc) is 2.85. The molecule has 1 atom stereocenters. The van der Waals surface area contributed by atoms with Crippen molar-refractivity contribution >= 4 is 23.5 Å². The smallest absolute Gasteiger partial charge is 0.311 e. The van der Waals surface area contributed by atoms with E-state index in [1.165, 1.54) is 12.4 Å². The molecule has 1 fully saturated rings. The van der Waals surface area contributed by atoms with Crippen LogP contribution in [0.2, 0.25) is 5.02 Å². The van der Waals surface area contributed by atoms with Crippen LogP contribution < -0.4 is 0 Å². The fourth-order valence-corrected chi connectivity index (χ4v) is 2.93. The van der Waals surface area contributed by atoms with Crippen molar-refractivity contribution in [3.63, 3.8) is 0 Å². The molecule has 0 saturated carbocycles. The third-order valence-electron chi connectivity index (χ3n) is 3.83. The van der Waals surface area contributed by atoms with Crippen molar-refractivity contribution in [3.05, 3.63) is 29.0 Å². The van der Waals surface area contributed by atoms with E-state index in [9.17, 15) is 14.7 Å². The van der Waals surface area contributed by atoms with Crippen molar-refractivity contribution in [3.8, 4) is 0 Å². The van der Waals surface area contributed by atoms with Crippen molar-refractivity contribution < 1.29 is 14.7 Å². The van der Waals surface area contributed by atoms with Crippen LogP contribution in [-0.2, 0) is 4.79 Å². The molecule has 108 valence electrons. The van der Waals surface area contributed by atoms with Crippen LogP contribution in [0, 0.1) is 5.41 Å². The molecule has 0 bridgehead atoms. The summed E-state index contributed by atoms with van der Waals surface area (Å²) in [4.78, 5) is 29.3. The third-order valence-corrected chi connectivity index (χ3v) is 4.13. The fourth-order valence-electron chi connectivity index (χ4n) is 2.73. The molecule has 0 aliphatic carbocycles. The van der Waals surface area contributed by atoms with Crippen molar-refractivity contribution in [2.45, 2.75) is 26.2 Å². The zero-order valence-corrected chi connectivity index (χ0v) is 12.1. The van der Waals surface area contributed by atoms with Gasteiger partial charge in [0.25, 0.3) is 5.91 Å². The maximum absolute atomic E-state index is 12.4. The van der Waals surface area contributed by atoms with Gasteiger partial charge in [-0.1, -0.05) is 24.9 Å². The van der Waals surface area contributed by atoms with E-state index in [0.29, 0.717) is 30.0 Å². The Bertz CT molecular complexity index is 535. The minimum absolute atomic E-state index is 0.225. The first kappa shape index (κ1) is 14.8. The van der Waals surface area contributed by atoms with E-state index in [0.717, 1.165) is 6.42 Å². The summed E-state index contributed by atoms with van der Waals surface area (Å²) in [7, 11) is 0. The number of aliphatic carboxylic acids is 1. The molecule has 20 heavy (non-hydrogen) atoms. The Labute approximate surface area is 122 Å². The van der Waals surface area contributed by atoms with Gasteiger partial charge in [0.2, 0.25) is 0 Å². The van der Waals surface area contributed by atoms with Crippen LogP contribution in [0.1, 0.15) is 36.5 Å². The predicted octanol–water partition coefficient (Wildman–Crippen LogP) is 2.45. The Kier molecular flexibility index (Phi) is 4.28. The summed E-state index contributed by atoms with van der Waals surface area (Å²) in [6, 6.07) is 1.56. The number of hydrogen-bond donors (Lipinski definition) is 1. The lowest BCUT2D eigenvalue weighted by atomic mass is 9.83. The number of nitrogens with zero attached hydrogens (tertiary/aromatic N) is 2. The van der Waals surface area contributed by atoms with Crippen LogP contribution >= 0.6 is 11.6 Å². The van der Waals surface area contributed by atoms with Gasteiger partial charge in [0.05, 0.1) is 16.0 Å². The van der Waals surface area contributed by atoms with Gasteiger partial charge in [-0.25, -0.2) is 0 Å². The molecule has 2 heterocycles. The molecular weight excluding hydrogens is 280 g/mol. The first-order valence-electron chi connectivity index (χ1n) is 6.62. The minimum Gasteiger partial charge on any atom is -0.481 e. The maximum Gasteiger partial charge on any atom is 0.311 e. The number of pyridine rings is 1. The lowest BCUT2D eigenvalue weighted by Crippen LogP contribution is -2.37. The second-order valence-electron chi connectivity index (χ2n) is 5.17. The average molecular weight is 297 g/mol. The molecule has 1 saturated heterocycles. The number of carboxylic acid groups (broad SMARTS) is 1. The van der Waals surface area contributed by atoms with E-state index in [1.807, 2.05) is 6.92 Å². The Balaban J connectivity index is 2.19. The molecule has 0 spiro atoms. The number of carbonyl (C=O) groups is 2. The lowest BCUT2D eigenvalue weighted by Gasteiger charge is -2.24. The van der Waals surface area contributed by atoms with Crippen molar-refractivity contribution in [2.24, 2.45) is 5.41 Å². The quantitative estimate of drug-likeness (QED) is 0.926. The van der Waals surface area contributed by atoms with Crippen LogP contribution in [0.3, 0.4) is 0 Å². The summed E-state index contributed by atoms with van der Waals surface area (Å²) in [6.45, 7) is 2.65. The Hall–Kier alpha value is -1.62. The Morgan fingerprint density at radius 1 is 1.55 bits per heavy atom. The van der Waals surface area contributed by atoms with E-state index < -0.39 is 11.4 Å². The Morgan fingerprint density at radius 3 is 2.90 bits per heavy atom. The molecule has 1 unspecified atom stereocenters. The van der Waals surface area contributed by atoms with Gasteiger partial charge in [-0.3, -0.25) is 14.6 Å². The SMILES string of the molecule is CCCC1(C(=O)O)CCN(C(=O)c2ccncc2Cl)C1. The maximum atomic E-state index is 12.4. The van der Waals surface area contributed by atoms with Gasteiger partial charge in [0, 0.05) is 25.5 Å². The topological polar surface area (TPSA) is 70.5 Å². The monoisotopic (exact) mass is 296 g/mol. The minimum atomic E-state index is -0.824. The molecule has 1 aliphatic heterocycles. The van der Waals surface area contributed by atoms with Crippen molar-refractivity contribution in [1.82, 2.24) is 9.88 Å². The first-order valence-corrected chi connectivity index (χ1v) is 7.00. The standard InChI is InChI=1S/C14H17ClN2O3/c1-2-4-14(13(19)20)5-7-17(9-14)12(18)10-3-6-16-8-11(10)15/h3,6,8H,2,4-5,7,9H2,1H3,(H,19,20). The zero-order chi connectivity index (χ0) is 14.8. The van der Waals surface area contributed by atoms with Crippen LogP contribution in [0.4, 0.5) is 0 Å². The lowest BCUT2D eigenvalue weighted by molar-refractivity contribution is -0.148. The molecule has 1 aliphatic rings. The second-order valence-corrected chi connectivity index (χ2v) is 5.57. The molecule has 0 radical (unpaired) electrons. The number of rotatable bonds is 4. The molecule has 6 heteroatoms. The summed E-state index contributed by atoms with van der Waals surface area (Å²) in [5.74, 6) is -1.05. The van der Waals surface area contributed by atoms with Gasteiger partial charge < -0.3 is 10.0 Å². The first-order chi connectivity index (χ1) is 9.50. The normalized spacial score (nSPS) is 22.0. The number of amides is 1. The van der Waals surface area contributed by atoms with Gasteiger partial charge in [0.15, 0.2) is 0 Å². The molecule has 0 aromatic carbocycles. The molecule has 1 aromatic rings. The van der Waals surface area contributed by atoms with Gasteiger partial charge >= 0.3 is 5.97 Å². The van der Waals surface area contributed by atoms with Gasteiger partial charge in [0.1, 0.15) is 0 Å². The summed E-state index contributed by atoms with van der Waals surface area (Å²) in [6.07, 6.45) is 4.78. The van der Waals surface area contributed by atoms with Gasteiger partial charge in [-0.15, -0.1) is 0 Å². The number of halogens is 1. The van der Waals surface area contributed by atoms with E-state index in [-0.39, 0.29) is 12.5 Å². The molecule has 5 nitrogen and oxygen atoms in total. The number of likely N-dealkylation sites (tertiary alicyclic amines) is 1. The highest BCUT2D eigenvalue weighted by molar-refractivity contribution is 6.33. The van der Waals surface area contributed by atoms with Crippen LogP contribution in [-0.4, -0.2) is 40.0 Å². The number of hydrogen-bond acceptors (Lipinski definition) is 3. The van der Waals surface area contributed by atoms with Crippen molar-refractivity contribution in [1.29, 1.82) is 0 Å². The Morgan fingerprint density at radius 2 is 2.30 bits per heavy atom. The molecule has 1 amide bonds. The van der Waals surface area contributed by atoms with E-state index >= 15 is 0 Å². The molecule has 1 N–H and O–H groups in total. The highest BCUT2D eigenvalue weighted by atomic mass is 35.5. The summed E-state index contributed by atoms with van der Waals surface area (Å²) >= 11 is 5.97. The van der Waals surface area contributed by atoms with Gasteiger partial charge in [-0.05, 0) is 18.9 Å². The van der Waals surface area contributed by atoms with Crippen LogP contribution in [0.25, 0.3) is 0 Å². The number of carbonyl (C=O) groups excluding carboxylic acids is 1. The van der Waals surface area contributed by atoms with E-state index in [2.05, 4.69) is 4.98 Å². The van der Waals surface area contributed by atoms with E-state index in [4.69, 9.17) is 11.6 Å². The fraction of sp³-hybridized carbons (Fsp3) is 0.500. The van der Waals surface area contributed by atoms with Crippen LogP contribution in [0.5, 0.6) is 0 Å². The summed E-state index contributed by atoms with van der Waals surface area (Å²) < 4.78 is 0. The van der Waals surface area contributed by atoms with E-state index in [1.54, 1.807) is 11.0 Å². The summed E-state index contributed by atoms with van der Waals surface area (Å²) in [5.41, 5.74) is -0.441. The third kappa shape index (κ3) is 2.63. The molecular formula is C14H17ClN2O3. The molecule has 1 aromatic heterocycles. The van der Waals surface area contributed by atoms with Gasteiger partial charge in [-0.2, -0.15) is 0 Å². The largest absolute Gasteiger partial charge is 0.481 e. The zero-order valence-electron chi connectivity index (χ0n) is 11.3. The second kappa shape index (κ2) is 5.79. The number of aromatic nitrogens is 1.